The lowest BCUT2D eigenvalue weighted by Gasteiger charge is -2.31. The lowest BCUT2D eigenvalue weighted by molar-refractivity contribution is 0.415. The number of methoxy groups -OCH3 is 1. The summed E-state index contributed by atoms with van der Waals surface area (Å²) in [5.74, 6) is 0.595. The Balaban J connectivity index is 1.70. The van der Waals surface area contributed by atoms with Crippen molar-refractivity contribution in [2.75, 3.05) is 34.5 Å². The Morgan fingerprint density at radius 2 is 1.37 bits per heavy atom. The molecule has 0 radical (unpaired) electrons. The molecule has 186 valence electrons. The summed E-state index contributed by atoms with van der Waals surface area (Å²) < 4.78 is 62.7. The fraction of sp³-hybridized carbons (Fsp3) is 0.250. The number of sulfonamides is 2. The Morgan fingerprint density at radius 1 is 0.771 bits per heavy atom. The van der Waals surface area contributed by atoms with E-state index in [0.717, 1.165) is 32.4 Å². The van der Waals surface area contributed by atoms with Crippen LogP contribution in [0.4, 0.5) is 17.1 Å². The second kappa shape index (κ2) is 10.3. The van der Waals surface area contributed by atoms with Gasteiger partial charge in [-0.1, -0.05) is 11.6 Å². The number of nitrogens with zero attached hydrogens (tertiary/aromatic N) is 1. The second-order valence-electron chi connectivity index (χ2n) is 8.12. The highest BCUT2D eigenvalue weighted by Gasteiger charge is 2.23. The molecule has 1 aliphatic heterocycles. The van der Waals surface area contributed by atoms with Crippen molar-refractivity contribution < 1.29 is 21.6 Å². The van der Waals surface area contributed by atoms with E-state index in [4.69, 9.17) is 16.3 Å². The van der Waals surface area contributed by atoms with Crippen LogP contribution in [0.2, 0.25) is 5.02 Å². The van der Waals surface area contributed by atoms with E-state index in [-0.39, 0.29) is 15.5 Å². The normalized spacial score (nSPS) is 14.4. The smallest absolute Gasteiger partial charge is 0.261 e. The number of benzene rings is 3. The van der Waals surface area contributed by atoms with Crippen LogP contribution in [-0.4, -0.2) is 37.0 Å². The summed E-state index contributed by atoms with van der Waals surface area (Å²) in [7, 11) is -6.45. The summed E-state index contributed by atoms with van der Waals surface area (Å²) in [5.41, 5.74) is 1.18. The Hall–Kier alpha value is -2.95. The van der Waals surface area contributed by atoms with Crippen molar-refractivity contribution in [1.82, 2.24) is 0 Å². The van der Waals surface area contributed by atoms with Gasteiger partial charge in [0.15, 0.2) is 0 Å². The van der Waals surface area contributed by atoms with Crippen LogP contribution in [0.15, 0.2) is 76.5 Å². The maximum Gasteiger partial charge on any atom is 0.261 e. The molecule has 1 fully saturated rings. The highest BCUT2D eigenvalue weighted by molar-refractivity contribution is 7.93. The first-order chi connectivity index (χ1) is 16.7. The topological polar surface area (TPSA) is 105 Å². The minimum atomic E-state index is -3.99. The van der Waals surface area contributed by atoms with Gasteiger partial charge in [-0.3, -0.25) is 9.44 Å². The number of rotatable bonds is 8. The fourth-order valence-corrected chi connectivity index (χ4v) is 6.14. The van der Waals surface area contributed by atoms with Gasteiger partial charge in [0.1, 0.15) is 5.75 Å². The van der Waals surface area contributed by atoms with Gasteiger partial charge in [0.2, 0.25) is 0 Å². The average molecular weight is 536 g/mol. The van der Waals surface area contributed by atoms with Crippen molar-refractivity contribution >= 4 is 48.7 Å². The Bertz CT molecular complexity index is 1390. The van der Waals surface area contributed by atoms with Gasteiger partial charge in [0.05, 0.1) is 28.3 Å². The van der Waals surface area contributed by atoms with Gasteiger partial charge < -0.3 is 9.64 Å². The van der Waals surface area contributed by atoms with E-state index in [2.05, 4.69) is 14.3 Å². The largest absolute Gasteiger partial charge is 0.497 e. The summed E-state index contributed by atoms with van der Waals surface area (Å²) in [6.07, 6.45) is 3.05. The molecule has 8 nitrogen and oxygen atoms in total. The fourth-order valence-electron chi connectivity index (χ4n) is 3.87. The molecule has 0 aromatic heterocycles. The summed E-state index contributed by atoms with van der Waals surface area (Å²) in [6.45, 7) is 1.51. The summed E-state index contributed by atoms with van der Waals surface area (Å²) in [4.78, 5) is 2.02. The molecular formula is C24H26ClN3O5S2. The van der Waals surface area contributed by atoms with E-state index >= 15 is 0 Å². The van der Waals surface area contributed by atoms with Gasteiger partial charge in [0, 0.05) is 23.8 Å². The van der Waals surface area contributed by atoms with Crippen LogP contribution in [0.25, 0.3) is 0 Å². The van der Waals surface area contributed by atoms with Gasteiger partial charge in [-0.15, -0.1) is 0 Å². The Morgan fingerprint density at radius 3 is 2.00 bits per heavy atom. The zero-order valence-corrected chi connectivity index (χ0v) is 21.5. The number of piperidine rings is 1. The number of nitrogens with one attached hydrogen (secondary N) is 2. The average Bonchev–Trinajstić information content (AvgIpc) is 2.85. The Labute approximate surface area is 211 Å². The number of hydrogen-bond acceptors (Lipinski definition) is 6. The SMILES string of the molecule is COc1ccc(NS(=O)(=O)c2ccc(N3CCCCC3)c(NS(=O)(=O)c3ccc(Cl)cc3)c2)cc1. The molecule has 0 aliphatic carbocycles. The van der Waals surface area contributed by atoms with Crippen LogP contribution in [0, 0.1) is 0 Å². The third-order valence-electron chi connectivity index (χ3n) is 5.69. The molecule has 0 saturated carbocycles. The van der Waals surface area contributed by atoms with Crippen LogP contribution >= 0.6 is 11.6 Å². The molecule has 2 N–H and O–H groups in total. The molecule has 1 heterocycles. The number of anilines is 3. The standard InChI is InChI=1S/C24H26ClN3O5S2/c1-33-20-9-7-19(8-10-20)26-35(31,32)22-13-14-24(28-15-3-2-4-16-28)23(17-22)27-34(29,30)21-11-5-18(25)6-12-21/h5-14,17,26-27H,2-4,15-16H2,1H3. The highest BCUT2D eigenvalue weighted by Crippen LogP contribution is 2.33. The molecule has 1 saturated heterocycles. The molecule has 4 rings (SSSR count). The second-order valence-corrected chi connectivity index (χ2v) is 11.9. The van der Waals surface area contributed by atoms with Crippen molar-refractivity contribution in [2.45, 2.75) is 29.1 Å². The summed E-state index contributed by atoms with van der Waals surface area (Å²) in [6, 6.07) is 16.7. The van der Waals surface area contributed by atoms with Crippen molar-refractivity contribution in [3.05, 3.63) is 71.8 Å². The molecular weight excluding hydrogens is 510 g/mol. The minimum absolute atomic E-state index is 0.0242. The Kier molecular flexibility index (Phi) is 7.44. The van der Waals surface area contributed by atoms with Crippen molar-refractivity contribution in [3.63, 3.8) is 0 Å². The van der Waals surface area contributed by atoms with Crippen LogP contribution in [0.3, 0.4) is 0 Å². The van der Waals surface area contributed by atoms with Crippen LogP contribution < -0.4 is 19.1 Å². The van der Waals surface area contributed by atoms with Crippen LogP contribution in [0.1, 0.15) is 19.3 Å². The van der Waals surface area contributed by atoms with Crippen molar-refractivity contribution in [2.24, 2.45) is 0 Å². The predicted molar refractivity (Wildman–Crippen MR) is 139 cm³/mol. The van der Waals surface area contributed by atoms with Gasteiger partial charge in [0.25, 0.3) is 20.0 Å². The highest BCUT2D eigenvalue weighted by atomic mass is 35.5. The minimum Gasteiger partial charge on any atom is -0.497 e. The van der Waals surface area contributed by atoms with Gasteiger partial charge in [-0.25, -0.2) is 16.8 Å². The molecule has 0 atom stereocenters. The van der Waals surface area contributed by atoms with Gasteiger partial charge >= 0.3 is 0 Å². The quantitative estimate of drug-likeness (QED) is 0.423. The summed E-state index contributed by atoms with van der Waals surface area (Å²) in [5, 5.41) is 0.413. The first-order valence-electron chi connectivity index (χ1n) is 11.0. The third-order valence-corrected chi connectivity index (χ3v) is 8.70. The molecule has 11 heteroatoms. The molecule has 0 unspecified atom stereocenters. The van der Waals surface area contributed by atoms with Crippen LogP contribution in [-0.2, 0) is 20.0 Å². The predicted octanol–water partition coefficient (Wildman–Crippen LogP) is 4.94. The van der Waals surface area contributed by atoms with E-state index in [1.165, 1.54) is 43.5 Å². The zero-order chi connectivity index (χ0) is 25.1. The molecule has 35 heavy (non-hydrogen) atoms. The molecule has 3 aromatic rings. The van der Waals surface area contributed by atoms with Gasteiger partial charge in [-0.05, 0) is 86.0 Å². The van der Waals surface area contributed by atoms with E-state index in [1.807, 2.05) is 0 Å². The number of ether oxygens (including phenoxy) is 1. The zero-order valence-electron chi connectivity index (χ0n) is 19.1. The monoisotopic (exact) mass is 535 g/mol. The molecule has 0 spiro atoms. The lowest BCUT2D eigenvalue weighted by atomic mass is 10.1. The molecule has 1 aliphatic rings. The maximum absolute atomic E-state index is 13.1. The lowest BCUT2D eigenvalue weighted by Crippen LogP contribution is -2.30. The van der Waals surface area contributed by atoms with Crippen LogP contribution in [0.5, 0.6) is 5.75 Å². The first kappa shape index (κ1) is 25.2. The number of halogens is 1. The van der Waals surface area contributed by atoms with E-state index in [9.17, 15) is 16.8 Å². The van der Waals surface area contributed by atoms with E-state index < -0.39 is 20.0 Å². The maximum atomic E-state index is 13.1. The third kappa shape index (κ3) is 6.01. The summed E-state index contributed by atoms with van der Waals surface area (Å²) >= 11 is 5.90. The molecule has 3 aromatic carbocycles. The van der Waals surface area contributed by atoms with Crippen molar-refractivity contribution in [1.29, 1.82) is 0 Å². The van der Waals surface area contributed by atoms with Crippen molar-refractivity contribution in [3.8, 4) is 5.75 Å². The first-order valence-corrected chi connectivity index (χ1v) is 14.4. The molecule has 0 amide bonds. The number of hydrogen-bond donors (Lipinski definition) is 2. The van der Waals surface area contributed by atoms with E-state index in [1.54, 1.807) is 30.3 Å². The molecule has 0 bridgehead atoms. The van der Waals surface area contributed by atoms with Gasteiger partial charge in [-0.2, -0.15) is 0 Å². The van der Waals surface area contributed by atoms with E-state index in [0.29, 0.717) is 22.1 Å².